The van der Waals surface area contributed by atoms with E-state index in [2.05, 4.69) is 19.2 Å². The molecule has 0 spiro atoms. The summed E-state index contributed by atoms with van der Waals surface area (Å²) in [5.74, 6) is 2.21. The van der Waals surface area contributed by atoms with Gasteiger partial charge in [0.05, 0.1) is 0 Å². The van der Waals surface area contributed by atoms with Crippen molar-refractivity contribution in [3.8, 4) is 0 Å². The highest BCUT2D eigenvalue weighted by molar-refractivity contribution is 5.80. The molecule has 1 unspecified atom stereocenters. The van der Waals surface area contributed by atoms with Gasteiger partial charge in [0.25, 0.3) is 0 Å². The van der Waals surface area contributed by atoms with Gasteiger partial charge >= 0.3 is 0 Å². The number of carbonyl (C=O) groups excluding carboxylic acids is 1. The summed E-state index contributed by atoms with van der Waals surface area (Å²) in [5.41, 5.74) is 0. The first-order chi connectivity index (χ1) is 7.70. The predicted octanol–water partition coefficient (Wildman–Crippen LogP) is 3.12. The Labute approximate surface area is 99.2 Å². The number of amides is 1. The first-order valence-electron chi connectivity index (χ1n) is 7.01. The lowest BCUT2D eigenvalue weighted by Gasteiger charge is -2.36. The predicted molar refractivity (Wildman–Crippen MR) is 66.1 cm³/mol. The number of carbonyl (C=O) groups is 1. The number of nitrogens with one attached hydrogen (secondary N) is 1. The second kappa shape index (κ2) is 5.20. The van der Waals surface area contributed by atoms with Crippen LogP contribution in [0.4, 0.5) is 0 Å². The Hall–Kier alpha value is -0.530. The van der Waals surface area contributed by atoms with Gasteiger partial charge < -0.3 is 5.32 Å². The van der Waals surface area contributed by atoms with Crippen LogP contribution in [-0.2, 0) is 4.79 Å². The van der Waals surface area contributed by atoms with Crippen LogP contribution in [0, 0.1) is 17.8 Å². The van der Waals surface area contributed by atoms with Gasteiger partial charge in [0.2, 0.25) is 5.91 Å². The Bertz CT molecular complexity index is 241. The molecule has 0 aromatic rings. The Morgan fingerprint density at radius 3 is 2.31 bits per heavy atom. The van der Waals surface area contributed by atoms with Gasteiger partial charge in [-0.05, 0) is 50.4 Å². The Kier molecular flexibility index (Phi) is 3.88. The second-order valence-electron chi connectivity index (χ2n) is 5.82. The maximum Gasteiger partial charge on any atom is 0.223 e. The van der Waals surface area contributed by atoms with Crippen LogP contribution in [0.25, 0.3) is 0 Å². The van der Waals surface area contributed by atoms with Gasteiger partial charge in [0.1, 0.15) is 0 Å². The van der Waals surface area contributed by atoms with E-state index >= 15 is 0 Å². The molecule has 92 valence electrons. The fourth-order valence-corrected chi connectivity index (χ4v) is 3.12. The monoisotopic (exact) mass is 223 g/mol. The molecule has 0 saturated heterocycles. The van der Waals surface area contributed by atoms with Gasteiger partial charge in [0, 0.05) is 12.0 Å². The summed E-state index contributed by atoms with van der Waals surface area (Å²) < 4.78 is 0. The van der Waals surface area contributed by atoms with Gasteiger partial charge in [-0.2, -0.15) is 0 Å². The molecular formula is C14H25NO. The Morgan fingerprint density at radius 1 is 1.12 bits per heavy atom. The van der Waals surface area contributed by atoms with E-state index in [1.807, 2.05) is 0 Å². The van der Waals surface area contributed by atoms with E-state index in [-0.39, 0.29) is 0 Å². The van der Waals surface area contributed by atoms with Crippen LogP contribution in [-0.4, -0.2) is 11.9 Å². The summed E-state index contributed by atoms with van der Waals surface area (Å²) in [6.45, 7) is 4.52. The summed E-state index contributed by atoms with van der Waals surface area (Å²) in [7, 11) is 0. The van der Waals surface area contributed by atoms with Crippen molar-refractivity contribution in [3.63, 3.8) is 0 Å². The van der Waals surface area contributed by atoms with Crippen molar-refractivity contribution in [1.29, 1.82) is 0 Å². The maximum absolute atomic E-state index is 12.0. The average molecular weight is 223 g/mol. The zero-order valence-corrected chi connectivity index (χ0v) is 10.7. The molecule has 2 rings (SSSR count). The third kappa shape index (κ3) is 2.58. The van der Waals surface area contributed by atoms with Crippen LogP contribution >= 0.6 is 0 Å². The molecule has 2 saturated carbocycles. The number of rotatable bonds is 3. The molecule has 0 aromatic carbocycles. The lowest BCUT2D eigenvalue weighted by molar-refractivity contribution is -0.131. The van der Waals surface area contributed by atoms with Crippen molar-refractivity contribution in [2.24, 2.45) is 17.8 Å². The Morgan fingerprint density at radius 2 is 1.81 bits per heavy atom. The lowest BCUT2D eigenvalue weighted by atomic mass is 9.71. The van der Waals surface area contributed by atoms with E-state index in [1.54, 1.807) is 0 Å². The molecule has 2 nitrogen and oxygen atoms in total. The SMILES string of the molecule is CC[C@@H]1CCC1C(=O)NC1CCC(C)CC1. The molecule has 2 fully saturated rings. The smallest absolute Gasteiger partial charge is 0.223 e. The minimum Gasteiger partial charge on any atom is -0.353 e. The van der Waals surface area contributed by atoms with Crippen LogP contribution in [0.5, 0.6) is 0 Å². The molecule has 0 bridgehead atoms. The highest BCUT2D eigenvalue weighted by Gasteiger charge is 2.35. The first-order valence-corrected chi connectivity index (χ1v) is 7.01. The minimum atomic E-state index is 0.337. The topological polar surface area (TPSA) is 29.1 Å². The summed E-state index contributed by atoms with van der Waals surface area (Å²) in [6.07, 6.45) is 8.50. The van der Waals surface area contributed by atoms with E-state index in [0.717, 1.165) is 12.3 Å². The van der Waals surface area contributed by atoms with Gasteiger partial charge in [-0.15, -0.1) is 0 Å². The largest absolute Gasteiger partial charge is 0.353 e. The summed E-state index contributed by atoms with van der Waals surface area (Å²) in [6, 6.07) is 0.474. The quantitative estimate of drug-likeness (QED) is 0.782. The fourth-order valence-electron chi connectivity index (χ4n) is 3.12. The molecule has 0 aromatic heterocycles. The van der Waals surface area contributed by atoms with E-state index in [0.29, 0.717) is 23.8 Å². The van der Waals surface area contributed by atoms with E-state index < -0.39 is 0 Å². The lowest BCUT2D eigenvalue weighted by Crippen LogP contribution is -2.45. The molecule has 1 amide bonds. The zero-order valence-electron chi connectivity index (χ0n) is 10.7. The first kappa shape index (κ1) is 11.9. The fraction of sp³-hybridized carbons (Fsp3) is 0.929. The number of hydrogen-bond acceptors (Lipinski definition) is 1. The van der Waals surface area contributed by atoms with Crippen molar-refractivity contribution in [3.05, 3.63) is 0 Å². The van der Waals surface area contributed by atoms with Crippen LogP contribution < -0.4 is 5.32 Å². The van der Waals surface area contributed by atoms with Crippen LogP contribution in [0.15, 0.2) is 0 Å². The summed E-state index contributed by atoms with van der Waals surface area (Å²) >= 11 is 0. The Balaban J connectivity index is 1.75. The highest BCUT2D eigenvalue weighted by atomic mass is 16.2. The van der Waals surface area contributed by atoms with Crippen LogP contribution in [0.3, 0.4) is 0 Å². The van der Waals surface area contributed by atoms with Crippen molar-refractivity contribution < 1.29 is 4.79 Å². The standard InChI is InChI=1S/C14H25NO/c1-3-11-6-9-13(11)14(16)15-12-7-4-10(2)5-8-12/h10-13H,3-9H2,1-2H3,(H,15,16)/t10?,11-,12?,13?/m1/s1. The molecule has 2 atom stereocenters. The van der Waals surface area contributed by atoms with Gasteiger partial charge in [-0.3, -0.25) is 4.79 Å². The van der Waals surface area contributed by atoms with Crippen molar-refractivity contribution in [2.75, 3.05) is 0 Å². The van der Waals surface area contributed by atoms with Crippen LogP contribution in [0.2, 0.25) is 0 Å². The molecule has 2 heteroatoms. The molecule has 0 radical (unpaired) electrons. The molecular weight excluding hydrogens is 198 g/mol. The van der Waals surface area contributed by atoms with Gasteiger partial charge in [-0.25, -0.2) is 0 Å². The molecule has 1 N–H and O–H groups in total. The summed E-state index contributed by atoms with van der Waals surface area (Å²) in [5, 5.41) is 3.27. The van der Waals surface area contributed by atoms with E-state index in [4.69, 9.17) is 0 Å². The van der Waals surface area contributed by atoms with Crippen molar-refractivity contribution in [1.82, 2.24) is 5.32 Å². The van der Waals surface area contributed by atoms with Crippen molar-refractivity contribution in [2.45, 2.75) is 64.8 Å². The zero-order chi connectivity index (χ0) is 11.5. The molecule has 16 heavy (non-hydrogen) atoms. The van der Waals surface area contributed by atoms with Gasteiger partial charge in [-0.1, -0.05) is 20.3 Å². The maximum atomic E-state index is 12.0. The summed E-state index contributed by atoms with van der Waals surface area (Å²) in [4.78, 5) is 12.0. The minimum absolute atomic E-state index is 0.337. The third-order valence-corrected chi connectivity index (χ3v) is 4.64. The van der Waals surface area contributed by atoms with Crippen molar-refractivity contribution >= 4 is 5.91 Å². The van der Waals surface area contributed by atoms with Gasteiger partial charge in [0.15, 0.2) is 0 Å². The van der Waals surface area contributed by atoms with E-state index in [9.17, 15) is 4.79 Å². The highest BCUT2D eigenvalue weighted by Crippen LogP contribution is 2.37. The molecule has 2 aliphatic rings. The van der Waals surface area contributed by atoms with E-state index in [1.165, 1.54) is 38.5 Å². The molecule has 2 aliphatic carbocycles. The molecule has 0 heterocycles. The van der Waals surface area contributed by atoms with Crippen LogP contribution in [0.1, 0.15) is 58.8 Å². The number of hydrogen-bond donors (Lipinski definition) is 1. The average Bonchev–Trinajstić information content (AvgIpc) is 2.20. The molecule has 0 aliphatic heterocycles. The second-order valence-corrected chi connectivity index (χ2v) is 5.82. The normalized spacial score (nSPS) is 38.9. The third-order valence-electron chi connectivity index (χ3n) is 4.64.